The Morgan fingerprint density at radius 1 is 1.15 bits per heavy atom. The first-order chi connectivity index (χ1) is 9.30. The third kappa shape index (κ3) is 2.36. The zero-order valence-electron chi connectivity index (χ0n) is 12.8. The molecule has 0 radical (unpaired) electrons. The van der Waals surface area contributed by atoms with Gasteiger partial charge in [0.05, 0.1) is 11.2 Å². The second-order valence-electron chi connectivity index (χ2n) is 7.08. The quantitative estimate of drug-likeness (QED) is 0.861. The maximum atomic E-state index is 10.2. The van der Waals surface area contributed by atoms with E-state index in [1.165, 1.54) is 12.8 Å². The standard InChI is InChI=1S/C16H23BO3/c1-15(2)16(3,4)20-17(19-15)13-6-5-7-14(18)12(13)10-11-8-9-11/h5-7,11,18H,8-10H2,1-4H3. The van der Waals surface area contributed by atoms with E-state index in [1.807, 2.05) is 12.1 Å². The average Bonchev–Trinajstić information content (AvgIpc) is 3.10. The number of rotatable bonds is 3. The fourth-order valence-corrected chi connectivity index (χ4v) is 2.62. The van der Waals surface area contributed by atoms with Crippen molar-refractivity contribution < 1.29 is 14.4 Å². The molecule has 2 fully saturated rings. The second-order valence-corrected chi connectivity index (χ2v) is 7.08. The fraction of sp³-hybridized carbons (Fsp3) is 0.625. The van der Waals surface area contributed by atoms with E-state index in [2.05, 4.69) is 27.7 Å². The first kappa shape index (κ1) is 14.0. The van der Waals surface area contributed by atoms with E-state index >= 15 is 0 Å². The molecule has 20 heavy (non-hydrogen) atoms. The van der Waals surface area contributed by atoms with Crippen LogP contribution in [0.15, 0.2) is 18.2 Å². The Morgan fingerprint density at radius 3 is 2.30 bits per heavy atom. The van der Waals surface area contributed by atoms with Crippen molar-refractivity contribution in [3.63, 3.8) is 0 Å². The van der Waals surface area contributed by atoms with Gasteiger partial charge in [-0.05, 0) is 70.0 Å². The highest BCUT2D eigenvalue weighted by molar-refractivity contribution is 6.62. The molecule has 0 atom stereocenters. The lowest BCUT2D eigenvalue weighted by Crippen LogP contribution is -2.41. The lowest BCUT2D eigenvalue weighted by atomic mass is 9.74. The largest absolute Gasteiger partial charge is 0.508 e. The summed E-state index contributed by atoms with van der Waals surface area (Å²) >= 11 is 0. The predicted octanol–water partition coefficient (Wildman–Crippen LogP) is 2.64. The van der Waals surface area contributed by atoms with Crippen molar-refractivity contribution in [2.45, 2.75) is 58.2 Å². The van der Waals surface area contributed by atoms with Crippen molar-refractivity contribution in [3.05, 3.63) is 23.8 Å². The van der Waals surface area contributed by atoms with Gasteiger partial charge in [0.2, 0.25) is 0 Å². The van der Waals surface area contributed by atoms with Gasteiger partial charge in [0.1, 0.15) is 5.75 Å². The van der Waals surface area contributed by atoms with E-state index in [0.29, 0.717) is 11.7 Å². The highest BCUT2D eigenvalue weighted by Gasteiger charge is 2.52. The number of phenolic OH excluding ortho intramolecular Hbond substituents is 1. The summed E-state index contributed by atoms with van der Waals surface area (Å²) in [5.41, 5.74) is 1.28. The molecule has 0 aromatic heterocycles. The Balaban J connectivity index is 1.93. The lowest BCUT2D eigenvalue weighted by molar-refractivity contribution is 0.00578. The van der Waals surface area contributed by atoms with E-state index in [0.717, 1.165) is 17.4 Å². The van der Waals surface area contributed by atoms with Gasteiger partial charge in [-0.15, -0.1) is 0 Å². The van der Waals surface area contributed by atoms with Gasteiger partial charge in [0, 0.05) is 0 Å². The molecule has 1 aliphatic heterocycles. The normalized spacial score (nSPS) is 24.1. The molecule has 1 heterocycles. The fourth-order valence-electron chi connectivity index (χ4n) is 2.62. The van der Waals surface area contributed by atoms with E-state index in [1.54, 1.807) is 6.07 Å². The molecular weight excluding hydrogens is 251 g/mol. The number of hydrogen-bond acceptors (Lipinski definition) is 3. The average molecular weight is 274 g/mol. The number of hydrogen-bond donors (Lipinski definition) is 1. The van der Waals surface area contributed by atoms with Crippen LogP contribution in [0, 0.1) is 5.92 Å². The van der Waals surface area contributed by atoms with Crippen LogP contribution in [0.2, 0.25) is 0 Å². The van der Waals surface area contributed by atoms with Crippen molar-refractivity contribution in [1.82, 2.24) is 0 Å². The van der Waals surface area contributed by atoms with Crippen LogP contribution in [0.5, 0.6) is 5.75 Å². The van der Waals surface area contributed by atoms with Crippen molar-refractivity contribution in [2.24, 2.45) is 5.92 Å². The van der Waals surface area contributed by atoms with Crippen LogP contribution >= 0.6 is 0 Å². The Morgan fingerprint density at radius 2 is 1.75 bits per heavy atom. The molecule has 3 rings (SSSR count). The van der Waals surface area contributed by atoms with Crippen molar-refractivity contribution in [2.75, 3.05) is 0 Å². The summed E-state index contributed by atoms with van der Waals surface area (Å²) < 4.78 is 12.2. The summed E-state index contributed by atoms with van der Waals surface area (Å²) in [6, 6.07) is 5.64. The van der Waals surface area contributed by atoms with Crippen molar-refractivity contribution in [1.29, 1.82) is 0 Å². The predicted molar refractivity (Wildman–Crippen MR) is 80.3 cm³/mol. The molecule has 1 N–H and O–H groups in total. The third-order valence-electron chi connectivity index (χ3n) is 4.88. The van der Waals surface area contributed by atoms with Crippen molar-refractivity contribution in [3.8, 4) is 5.75 Å². The zero-order valence-corrected chi connectivity index (χ0v) is 12.8. The summed E-state index contributed by atoms with van der Waals surface area (Å²) in [6.45, 7) is 8.21. The molecule has 3 nitrogen and oxygen atoms in total. The Labute approximate surface area is 121 Å². The molecule has 1 aromatic carbocycles. The van der Waals surface area contributed by atoms with Gasteiger partial charge in [-0.3, -0.25) is 0 Å². The van der Waals surface area contributed by atoms with Crippen LogP contribution < -0.4 is 5.46 Å². The van der Waals surface area contributed by atoms with E-state index in [4.69, 9.17) is 9.31 Å². The smallest absolute Gasteiger partial charge is 0.495 e. The topological polar surface area (TPSA) is 38.7 Å². The Kier molecular flexibility index (Phi) is 3.14. The van der Waals surface area contributed by atoms with Gasteiger partial charge >= 0.3 is 7.12 Å². The maximum Gasteiger partial charge on any atom is 0.495 e. The molecular formula is C16H23BO3. The molecule has 1 saturated heterocycles. The van der Waals surface area contributed by atoms with Gasteiger partial charge in [-0.2, -0.15) is 0 Å². The molecule has 0 bridgehead atoms. The lowest BCUT2D eigenvalue weighted by Gasteiger charge is -2.32. The van der Waals surface area contributed by atoms with Crippen LogP contribution in [-0.2, 0) is 15.7 Å². The highest BCUT2D eigenvalue weighted by atomic mass is 16.7. The summed E-state index contributed by atoms with van der Waals surface area (Å²) in [7, 11) is -0.388. The van der Waals surface area contributed by atoms with Gasteiger partial charge in [0.15, 0.2) is 0 Å². The molecule has 0 spiro atoms. The SMILES string of the molecule is CC1(C)OB(c2cccc(O)c2CC2CC2)OC1(C)C. The minimum Gasteiger partial charge on any atom is -0.508 e. The minimum absolute atomic E-state index is 0.347. The maximum absolute atomic E-state index is 10.2. The zero-order chi connectivity index (χ0) is 14.5. The number of aromatic hydroxyl groups is 1. The van der Waals surface area contributed by atoms with E-state index in [9.17, 15) is 5.11 Å². The summed E-state index contributed by atoms with van der Waals surface area (Å²) in [5, 5.41) is 10.2. The number of benzene rings is 1. The minimum atomic E-state index is -0.388. The van der Waals surface area contributed by atoms with Gasteiger partial charge in [-0.1, -0.05) is 12.1 Å². The van der Waals surface area contributed by atoms with E-state index in [-0.39, 0.29) is 18.3 Å². The molecule has 1 aliphatic carbocycles. The highest BCUT2D eigenvalue weighted by Crippen LogP contribution is 2.38. The van der Waals surface area contributed by atoms with Crippen LogP contribution in [0.1, 0.15) is 46.1 Å². The molecule has 4 heteroatoms. The van der Waals surface area contributed by atoms with Crippen molar-refractivity contribution >= 4 is 12.6 Å². The van der Waals surface area contributed by atoms with Gasteiger partial charge in [0.25, 0.3) is 0 Å². The molecule has 1 aromatic rings. The second kappa shape index (κ2) is 4.50. The Hall–Kier alpha value is -0.995. The summed E-state index contributed by atoms with van der Waals surface area (Å²) in [5.74, 6) is 1.08. The molecule has 1 saturated carbocycles. The van der Waals surface area contributed by atoms with E-state index < -0.39 is 0 Å². The van der Waals surface area contributed by atoms with Crippen LogP contribution in [0.4, 0.5) is 0 Å². The molecule has 0 amide bonds. The first-order valence-electron chi connectivity index (χ1n) is 7.46. The molecule has 2 aliphatic rings. The first-order valence-corrected chi connectivity index (χ1v) is 7.46. The monoisotopic (exact) mass is 274 g/mol. The van der Waals surface area contributed by atoms with Crippen LogP contribution in [0.25, 0.3) is 0 Å². The third-order valence-corrected chi connectivity index (χ3v) is 4.88. The summed E-state index contributed by atoms with van der Waals surface area (Å²) in [6.07, 6.45) is 3.44. The summed E-state index contributed by atoms with van der Waals surface area (Å²) in [4.78, 5) is 0. The van der Waals surface area contributed by atoms with Gasteiger partial charge in [-0.25, -0.2) is 0 Å². The molecule has 108 valence electrons. The number of phenols is 1. The van der Waals surface area contributed by atoms with Crippen LogP contribution in [-0.4, -0.2) is 23.4 Å². The molecule has 0 unspecified atom stereocenters. The van der Waals surface area contributed by atoms with Crippen LogP contribution in [0.3, 0.4) is 0 Å². The van der Waals surface area contributed by atoms with Gasteiger partial charge < -0.3 is 14.4 Å². The Bertz CT molecular complexity index is 504.